The Balaban J connectivity index is 2.22. The predicted octanol–water partition coefficient (Wildman–Crippen LogP) is 1.39. The van der Waals surface area contributed by atoms with Crippen LogP contribution in [-0.4, -0.2) is 15.5 Å². The van der Waals surface area contributed by atoms with Crippen LogP contribution >= 0.6 is 0 Å². The van der Waals surface area contributed by atoms with Gasteiger partial charge in [0.25, 0.3) is 0 Å². The molecule has 3 N–H and O–H groups in total. The fraction of sp³-hybridized carbons (Fsp3) is 0.267. The van der Waals surface area contributed by atoms with Crippen molar-refractivity contribution in [2.24, 2.45) is 0 Å². The summed E-state index contributed by atoms with van der Waals surface area (Å²) in [6.45, 7) is 5.28. The van der Waals surface area contributed by atoms with E-state index in [0.717, 1.165) is 5.56 Å². The number of nitrogens with two attached hydrogens (primary N) is 1. The zero-order valence-electron chi connectivity index (χ0n) is 12.3. The van der Waals surface area contributed by atoms with E-state index in [1.807, 2.05) is 19.1 Å². The van der Waals surface area contributed by atoms with Crippen LogP contribution in [0.2, 0.25) is 0 Å². The Bertz CT molecular complexity index is 730. The highest BCUT2D eigenvalue weighted by molar-refractivity contribution is 5.94. The number of hydrogen-bond donors (Lipinski definition) is 2. The van der Waals surface area contributed by atoms with E-state index in [4.69, 9.17) is 5.73 Å². The molecule has 0 atom stereocenters. The first-order valence-corrected chi connectivity index (χ1v) is 6.58. The summed E-state index contributed by atoms with van der Waals surface area (Å²) < 4.78 is 1.33. The molecule has 0 spiro atoms. The second kappa shape index (κ2) is 5.78. The van der Waals surface area contributed by atoms with E-state index in [1.165, 1.54) is 4.57 Å². The van der Waals surface area contributed by atoms with Gasteiger partial charge in [0.05, 0.1) is 11.4 Å². The SMILES string of the molecule is Cc1cc(C)n(CC(=O)Nc2c(C)cccc2N)c(=O)n1. The van der Waals surface area contributed by atoms with Crippen LogP contribution in [0.3, 0.4) is 0 Å². The zero-order valence-corrected chi connectivity index (χ0v) is 12.3. The first-order valence-electron chi connectivity index (χ1n) is 6.58. The highest BCUT2D eigenvalue weighted by Crippen LogP contribution is 2.22. The van der Waals surface area contributed by atoms with Crippen LogP contribution in [0.15, 0.2) is 29.1 Å². The third-order valence-corrected chi connectivity index (χ3v) is 3.22. The number of aryl methyl sites for hydroxylation is 3. The molecule has 0 radical (unpaired) electrons. The molecule has 0 aliphatic rings. The van der Waals surface area contributed by atoms with Crippen molar-refractivity contribution in [3.8, 4) is 0 Å². The van der Waals surface area contributed by atoms with Gasteiger partial charge in [0, 0.05) is 11.4 Å². The predicted molar refractivity (Wildman–Crippen MR) is 82.2 cm³/mol. The van der Waals surface area contributed by atoms with Crippen LogP contribution in [-0.2, 0) is 11.3 Å². The number of amides is 1. The number of carbonyl (C=O) groups is 1. The van der Waals surface area contributed by atoms with Gasteiger partial charge in [-0.2, -0.15) is 4.98 Å². The van der Waals surface area contributed by atoms with E-state index in [-0.39, 0.29) is 12.5 Å². The number of rotatable bonds is 3. The Kier molecular flexibility index (Phi) is 4.07. The molecular formula is C15H18N4O2. The Labute approximate surface area is 122 Å². The minimum Gasteiger partial charge on any atom is -0.397 e. The lowest BCUT2D eigenvalue weighted by molar-refractivity contribution is -0.116. The topological polar surface area (TPSA) is 90.0 Å². The highest BCUT2D eigenvalue weighted by Gasteiger charge is 2.11. The summed E-state index contributed by atoms with van der Waals surface area (Å²) in [4.78, 5) is 27.8. The third-order valence-electron chi connectivity index (χ3n) is 3.22. The molecule has 0 aliphatic heterocycles. The molecule has 1 amide bonds. The van der Waals surface area contributed by atoms with Crippen molar-refractivity contribution in [1.82, 2.24) is 9.55 Å². The van der Waals surface area contributed by atoms with Gasteiger partial charge in [-0.15, -0.1) is 0 Å². The van der Waals surface area contributed by atoms with Gasteiger partial charge in [-0.1, -0.05) is 12.1 Å². The number of para-hydroxylation sites is 1. The normalized spacial score (nSPS) is 10.4. The van der Waals surface area contributed by atoms with Crippen molar-refractivity contribution >= 4 is 17.3 Å². The van der Waals surface area contributed by atoms with E-state index in [1.54, 1.807) is 26.0 Å². The average molecular weight is 286 g/mol. The van der Waals surface area contributed by atoms with E-state index >= 15 is 0 Å². The first kappa shape index (κ1) is 14.8. The molecule has 0 aliphatic carbocycles. The smallest absolute Gasteiger partial charge is 0.348 e. The van der Waals surface area contributed by atoms with Crippen LogP contribution in [0.1, 0.15) is 17.0 Å². The molecule has 6 heteroatoms. The fourth-order valence-electron chi connectivity index (χ4n) is 2.15. The van der Waals surface area contributed by atoms with E-state index in [2.05, 4.69) is 10.3 Å². The van der Waals surface area contributed by atoms with Crippen LogP contribution in [0.4, 0.5) is 11.4 Å². The number of carbonyl (C=O) groups excluding carboxylic acids is 1. The minimum absolute atomic E-state index is 0.0915. The molecule has 0 saturated heterocycles. The fourth-order valence-corrected chi connectivity index (χ4v) is 2.15. The third kappa shape index (κ3) is 3.28. The monoisotopic (exact) mass is 286 g/mol. The Morgan fingerprint density at radius 2 is 2.05 bits per heavy atom. The van der Waals surface area contributed by atoms with Crippen LogP contribution in [0, 0.1) is 20.8 Å². The number of nitrogens with one attached hydrogen (secondary N) is 1. The lowest BCUT2D eigenvalue weighted by Crippen LogP contribution is -2.31. The molecule has 0 bridgehead atoms. The molecule has 1 heterocycles. The number of hydrogen-bond acceptors (Lipinski definition) is 4. The lowest BCUT2D eigenvalue weighted by atomic mass is 10.1. The summed E-state index contributed by atoms with van der Waals surface area (Å²) in [7, 11) is 0. The lowest BCUT2D eigenvalue weighted by Gasteiger charge is -2.13. The second-order valence-electron chi connectivity index (χ2n) is 4.99. The molecule has 21 heavy (non-hydrogen) atoms. The van der Waals surface area contributed by atoms with E-state index in [0.29, 0.717) is 22.8 Å². The summed E-state index contributed by atoms with van der Waals surface area (Å²) in [6.07, 6.45) is 0. The van der Waals surface area contributed by atoms with Crippen molar-refractivity contribution in [2.45, 2.75) is 27.3 Å². The van der Waals surface area contributed by atoms with Crippen LogP contribution in [0.25, 0.3) is 0 Å². The number of benzene rings is 1. The van der Waals surface area contributed by atoms with Gasteiger partial charge in [-0.25, -0.2) is 4.79 Å². The van der Waals surface area contributed by atoms with Crippen molar-refractivity contribution in [2.75, 3.05) is 11.1 Å². The van der Waals surface area contributed by atoms with Gasteiger partial charge in [-0.3, -0.25) is 9.36 Å². The van der Waals surface area contributed by atoms with Crippen LogP contribution in [0.5, 0.6) is 0 Å². The molecule has 6 nitrogen and oxygen atoms in total. The van der Waals surface area contributed by atoms with Crippen LogP contribution < -0.4 is 16.7 Å². The highest BCUT2D eigenvalue weighted by atomic mass is 16.2. The van der Waals surface area contributed by atoms with Gasteiger partial charge >= 0.3 is 5.69 Å². The quantitative estimate of drug-likeness (QED) is 0.834. The largest absolute Gasteiger partial charge is 0.397 e. The van der Waals surface area contributed by atoms with Crippen molar-refractivity contribution in [1.29, 1.82) is 0 Å². The van der Waals surface area contributed by atoms with Gasteiger partial charge in [-0.05, 0) is 38.5 Å². The van der Waals surface area contributed by atoms with Crippen molar-refractivity contribution < 1.29 is 4.79 Å². The van der Waals surface area contributed by atoms with Crippen molar-refractivity contribution in [3.05, 3.63) is 51.7 Å². The summed E-state index contributed by atoms with van der Waals surface area (Å²) in [5.41, 5.74) is 8.69. The maximum atomic E-state index is 12.1. The molecule has 2 aromatic rings. The maximum absolute atomic E-state index is 12.1. The number of nitrogens with zero attached hydrogens (tertiary/aromatic N) is 2. The second-order valence-corrected chi connectivity index (χ2v) is 4.99. The minimum atomic E-state index is -0.430. The summed E-state index contributed by atoms with van der Waals surface area (Å²) >= 11 is 0. The summed E-state index contributed by atoms with van der Waals surface area (Å²) in [6, 6.07) is 7.15. The average Bonchev–Trinajstić information content (AvgIpc) is 2.38. The molecule has 1 aromatic carbocycles. The van der Waals surface area contributed by atoms with Crippen molar-refractivity contribution in [3.63, 3.8) is 0 Å². The summed E-state index contributed by atoms with van der Waals surface area (Å²) in [5, 5.41) is 2.74. The Morgan fingerprint density at radius 3 is 2.67 bits per heavy atom. The molecule has 2 rings (SSSR count). The zero-order chi connectivity index (χ0) is 15.6. The Hall–Kier alpha value is -2.63. The Morgan fingerprint density at radius 1 is 1.33 bits per heavy atom. The number of anilines is 2. The summed E-state index contributed by atoms with van der Waals surface area (Å²) in [5.74, 6) is -0.313. The molecule has 1 aromatic heterocycles. The molecule has 0 unspecified atom stereocenters. The molecule has 110 valence electrons. The number of nitrogen functional groups attached to an aromatic ring is 1. The van der Waals surface area contributed by atoms with E-state index < -0.39 is 5.69 Å². The molecule has 0 fully saturated rings. The van der Waals surface area contributed by atoms with Gasteiger partial charge < -0.3 is 11.1 Å². The maximum Gasteiger partial charge on any atom is 0.348 e. The van der Waals surface area contributed by atoms with Gasteiger partial charge in [0.1, 0.15) is 6.54 Å². The van der Waals surface area contributed by atoms with Gasteiger partial charge in [0.2, 0.25) is 5.91 Å². The molecule has 0 saturated carbocycles. The standard InChI is InChI=1S/C15H18N4O2/c1-9-5-4-6-12(16)14(9)18-13(20)8-19-11(3)7-10(2)17-15(19)21/h4-7H,8,16H2,1-3H3,(H,18,20). The number of aromatic nitrogens is 2. The van der Waals surface area contributed by atoms with Gasteiger partial charge in [0.15, 0.2) is 0 Å². The van der Waals surface area contributed by atoms with E-state index in [9.17, 15) is 9.59 Å². The molecular weight excluding hydrogens is 268 g/mol. The first-order chi connectivity index (χ1) is 9.88.